The van der Waals surface area contributed by atoms with E-state index in [-0.39, 0.29) is 5.92 Å². The Balaban J connectivity index is 2.33. The first-order valence-electron chi connectivity index (χ1n) is 4.85. The molecule has 0 fully saturated rings. The number of halogens is 1. The van der Waals surface area contributed by atoms with Crippen LogP contribution in [0.1, 0.15) is 41.3 Å². The number of hydrogen-bond acceptors (Lipinski definition) is 5. The van der Waals surface area contributed by atoms with Gasteiger partial charge in [0.25, 0.3) is 0 Å². The molecule has 2 rings (SSSR count). The van der Waals surface area contributed by atoms with Crippen LogP contribution in [-0.2, 0) is 0 Å². The maximum absolute atomic E-state index is 10.2. The van der Waals surface area contributed by atoms with Crippen molar-refractivity contribution in [2.45, 2.75) is 25.9 Å². The smallest absolute Gasteiger partial charge is 0.126 e. The average molecular weight is 275 g/mol. The number of nitrogens with zero attached hydrogens (tertiary/aromatic N) is 2. The molecule has 0 saturated carbocycles. The molecule has 0 aromatic carbocycles. The van der Waals surface area contributed by atoms with Crippen molar-refractivity contribution in [3.63, 3.8) is 0 Å². The first-order chi connectivity index (χ1) is 7.59. The van der Waals surface area contributed by atoms with Crippen molar-refractivity contribution in [3.05, 3.63) is 31.9 Å². The van der Waals surface area contributed by atoms with Crippen molar-refractivity contribution in [2.24, 2.45) is 0 Å². The molecule has 0 aliphatic heterocycles. The topological polar surface area (TPSA) is 46.0 Å². The molecule has 0 aliphatic carbocycles. The Bertz CT molecular complexity index is 481. The first kappa shape index (κ1) is 12.0. The fourth-order valence-electron chi connectivity index (χ4n) is 1.40. The van der Waals surface area contributed by atoms with Crippen LogP contribution in [0.2, 0.25) is 4.34 Å². The fourth-order valence-corrected chi connectivity index (χ4v) is 3.34. The fraction of sp³-hybridized carbons (Fsp3) is 0.400. The molecule has 2 heterocycles. The Morgan fingerprint density at radius 1 is 1.38 bits per heavy atom. The molecule has 1 unspecified atom stereocenters. The molecule has 2 aromatic rings. The van der Waals surface area contributed by atoms with Crippen LogP contribution in [-0.4, -0.2) is 14.7 Å². The van der Waals surface area contributed by atoms with Crippen LogP contribution in [0.25, 0.3) is 0 Å². The van der Waals surface area contributed by atoms with Crippen molar-refractivity contribution in [2.75, 3.05) is 0 Å². The van der Waals surface area contributed by atoms with Gasteiger partial charge in [-0.05, 0) is 29.6 Å². The Morgan fingerprint density at radius 3 is 2.69 bits per heavy atom. The van der Waals surface area contributed by atoms with Gasteiger partial charge >= 0.3 is 0 Å². The normalized spacial score (nSPS) is 13.3. The van der Waals surface area contributed by atoms with Crippen LogP contribution in [0.5, 0.6) is 0 Å². The second kappa shape index (κ2) is 4.79. The summed E-state index contributed by atoms with van der Waals surface area (Å²) >= 11 is 8.47. The van der Waals surface area contributed by atoms with E-state index >= 15 is 0 Å². The summed E-state index contributed by atoms with van der Waals surface area (Å²) in [5, 5.41) is 14.3. The highest BCUT2D eigenvalue weighted by atomic mass is 35.5. The molecule has 0 radical (unpaired) electrons. The van der Waals surface area contributed by atoms with E-state index in [0.29, 0.717) is 4.34 Å². The molecule has 0 saturated heterocycles. The van der Waals surface area contributed by atoms with Gasteiger partial charge in [0, 0.05) is 4.88 Å². The summed E-state index contributed by atoms with van der Waals surface area (Å²) in [7, 11) is 0. The van der Waals surface area contributed by atoms with Crippen LogP contribution < -0.4 is 0 Å². The summed E-state index contributed by atoms with van der Waals surface area (Å²) in [6, 6.07) is 3.62. The molecule has 0 spiro atoms. The second-order valence-corrected chi connectivity index (χ2v) is 6.25. The highest BCUT2D eigenvalue weighted by Gasteiger charge is 2.21. The summed E-state index contributed by atoms with van der Waals surface area (Å²) in [5.74, 6) is 0.263. The number of aliphatic hydroxyl groups excluding tert-OH is 1. The first-order valence-corrected chi connectivity index (χ1v) is 6.82. The van der Waals surface area contributed by atoms with E-state index in [0.717, 1.165) is 15.4 Å². The van der Waals surface area contributed by atoms with Gasteiger partial charge in [0.15, 0.2) is 0 Å². The van der Waals surface area contributed by atoms with E-state index in [1.165, 1.54) is 22.9 Å². The largest absolute Gasteiger partial charge is 0.382 e. The number of thiophene rings is 1. The molecule has 0 bridgehead atoms. The van der Waals surface area contributed by atoms with Gasteiger partial charge in [0.05, 0.1) is 14.9 Å². The van der Waals surface area contributed by atoms with Gasteiger partial charge in [-0.3, -0.25) is 0 Å². The highest BCUT2D eigenvalue weighted by Crippen LogP contribution is 2.35. The molecule has 2 aromatic heterocycles. The lowest BCUT2D eigenvalue weighted by Crippen LogP contribution is -2.00. The average Bonchev–Trinajstić information content (AvgIpc) is 2.84. The molecule has 16 heavy (non-hydrogen) atoms. The van der Waals surface area contributed by atoms with Crippen molar-refractivity contribution >= 4 is 34.5 Å². The van der Waals surface area contributed by atoms with E-state index in [9.17, 15) is 5.11 Å². The van der Waals surface area contributed by atoms with E-state index in [1.807, 2.05) is 19.9 Å². The van der Waals surface area contributed by atoms with Crippen LogP contribution in [0.3, 0.4) is 0 Å². The van der Waals surface area contributed by atoms with Crippen molar-refractivity contribution in [3.8, 4) is 0 Å². The van der Waals surface area contributed by atoms with E-state index in [4.69, 9.17) is 11.6 Å². The lowest BCUT2D eigenvalue weighted by atomic mass is 10.1. The van der Waals surface area contributed by atoms with Gasteiger partial charge in [0.1, 0.15) is 6.10 Å². The number of rotatable bonds is 3. The molecule has 0 aliphatic rings. The third-order valence-electron chi connectivity index (χ3n) is 2.20. The minimum atomic E-state index is -0.658. The van der Waals surface area contributed by atoms with E-state index in [1.54, 1.807) is 6.07 Å². The summed E-state index contributed by atoms with van der Waals surface area (Å²) in [5.41, 5.74) is 0.863. The third-order valence-corrected chi connectivity index (χ3v) is 4.27. The summed E-state index contributed by atoms with van der Waals surface area (Å²) in [6.45, 7) is 4.07. The van der Waals surface area contributed by atoms with Crippen molar-refractivity contribution in [1.82, 2.24) is 9.59 Å². The maximum Gasteiger partial charge on any atom is 0.126 e. The third kappa shape index (κ3) is 2.27. The molecular weight excluding hydrogens is 264 g/mol. The molecule has 86 valence electrons. The van der Waals surface area contributed by atoms with Gasteiger partial charge in [-0.1, -0.05) is 29.9 Å². The number of aliphatic hydroxyl groups is 1. The quantitative estimate of drug-likeness (QED) is 0.932. The van der Waals surface area contributed by atoms with Crippen LogP contribution in [0.4, 0.5) is 0 Å². The Morgan fingerprint density at radius 2 is 2.12 bits per heavy atom. The summed E-state index contributed by atoms with van der Waals surface area (Å²) in [6.07, 6.45) is -0.658. The van der Waals surface area contributed by atoms with Crippen LogP contribution >= 0.6 is 34.5 Å². The lowest BCUT2D eigenvalue weighted by Gasteiger charge is -2.09. The standard InChI is InChI=1S/C10H11ClN2OS2/c1-5(2)8-10(16-13-12-8)9(14)6-3-4-7(11)15-6/h3-5,9,14H,1-2H3. The number of aromatic nitrogens is 2. The molecule has 0 amide bonds. The SMILES string of the molecule is CC(C)c1nnsc1C(O)c1ccc(Cl)s1. The Labute approximate surface area is 107 Å². The zero-order chi connectivity index (χ0) is 11.7. The molecule has 1 atom stereocenters. The van der Waals surface area contributed by atoms with Crippen LogP contribution in [0, 0.1) is 0 Å². The number of hydrogen-bond donors (Lipinski definition) is 1. The molecule has 3 nitrogen and oxygen atoms in total. The van der Waals surface area contributed by atoms with E-state index < -0.39 is 6.10 Å². The maximum atomic E-state index is 10.2. The predicted molar refractivity (Wildman–Crippen MR) is 67.4 cm³/mol. The summed E-state index contributed by atoms with van der Waals surface area (Å²) < 4.78 is 4.58. The van der Waals surface area contributed by atoms with Gasteiger partial charge in [-0.15, -0.1) is 16.4 Å². The lowest BCUT2D eigenvalue weighted by molar-refractivity contribution is 0.226. The highest BCUT2D eigenvalue weighted by molar-refractivity contribution is 7.16. The zero-order valence-electron chi connectivity index (χ0n) is 8.85. The van der Waals surface area contributed by atoms with Crippen molar-refractivity contribution in [1.29, 1.82) is 0 Å². The zero-order valence-corrected chi connectivity index (χ0v) is 11.2. The molecular formula is C10H11ClN2OS2. The van der Waals surface area contributed by atoms with Crippen molar-refractivity contribution < 1.29 is 5.11 Å². The monoisotopic (exact) mass is 274 g/mol. The van der Waals surface area contributed by atoms with E-state index in [2.05, 4.69) is 9.59 Å². The second-order valence-electron chi connectivity index (χ2n) is 3.72. The van der Waals surface area contributed by atoms with Gasteiger partial charge in [0.2, 0.25) is 0 Å². The minimum absolute atomic E-state index is 0.263. The summed E-state index contributed by atoms with van der Waals surface area (Å²) in [4.78, 5) is 1.64. The van der Waals surface area contributed by atoms with Gasteiger partial charge < -0.3 is 5.11 Å². The minimum Gasteiger partial charge on any atom is -0.382 e. The van der Waals surface area contributed by atoms with Crippen LogP contribution in [0.15, 0.2) is 12.1 Å². The Hall–Kier alpha value is -0.490. The predicted octanol–water partition coefficient (Wildman–Crippen LogP) is 3.46. The van der Waals surface area contributed by atoms with Gasteiger partial charge in [-0.2, -0.15) is 0 Å². The molecule has 6 heteroatoms. The van der Waals surface area contributed by atoms with Gasteiger partial charge in [-0.25, -0.2) is 0 Å². The molecule has 1 N–H and O–H groups in total. The Kier molecular flexibility index (Phi) is 3.59.